The molecule has 0 amide bonds. The summed E-state index contributed by atoms with van der Waals surface area (Å²) in [4.78, 5) is 14.8. The molecule has 100 valence electrons. The second kappa shape index (κ2) is 6.73. The first-order chi connectivity index (χ1) is 8.58. The van der Waals surface area contributed by atoms with Gasteiger partial charge in [-0.3, -0.25) is 4.79 Å². The first-order valence-corrected chi connectivity index (χ1v) is 5.51. The van der Waals surface area contributed by atoms with Gasteiger partial charge in [-0.25, -0.2) is 13.8 Å². The molecule has 0 aliphatic heterocycles. The second-order valence-corrected chi connectivity index (χ2v) is 3.38. The molecule has 1 aromatic rings. The molecule has 0 radical (unpaired) electrons. The van der Waals surface area contributed by atoms with Gasteiger partial charge < -0.3 is 15.4 Å². The molecule has 18 heavy (non-hydrogen) atoms. The third-order valence-corrected chi connectivity index (χ3v) is 2.09. The van der Waals surface area contributed by atoms with Crippen LogP contribution in [0.1, 0.15) is 13.3 Å². The number of hydrogen-bond donors (Lipinski definition) is 2. The van der Waals surface area contributed by atoms with E-state index in [0.717, 1.165) is 6.07 Å². The summed E-state index contributed by atoms with van der Waals surface area (Å²) in [6, 6.07) is 0.728. The summed E-state index contributed by atoms with van der Waals surface area (Å²) >= 11 is 0. The van der Waals surface area contributed by atoms with E-state index in [2.05, 4.69) is 15.6 Å². The highest BCUT2D eigenvalue weighted by molar-refractivity contribution is 5.70. The number of hydrogen-bond acceptors (Lipinski definition) is 5. The fourth-order valence-electron chi connectivity index (χ4n) is 1.28. The molecule has 0 aromatic carbocycles. The lowest BCUT2D eigenvalue weighted by Crippen LogP contribution is -2.13. The highest BCUT2D eigenvalue weighted by Gasteiger charge is 2.11. The molecule has 0 aliphatic rings. The van der Waals surface area contributed by atoms with Crippen molar-refractivity contribution in [3.63, 3.8) is 0 Å². The number of nitrogens with zero attached hydrogens (tertiary/aromatic N) is 1. The molecule has 1 rings (SSSR count). The van der Waals surface area contributed by atoms with Crippen LogP contribution in [-0.2, 0) is 9.53 Å². The third-order valence-electron chi connectivity index (χ3n) is 2.09. The third kappa shape index (κ3) is 3.83. The molecular weight excluding hydrogens is 244 g/mol. The number of ether oxygens (including phenoxy) is 1. The fourth-order valence-corrected chi connectivity index (χ4v) is 1.28. The van der Waals surface area contributed by atoms with Gasteiger partial charge in [0.05, 0.1) is 13.0 Å². The van der Waals surface area contributed by atoms with E-state index >= 15 is 0 Å². The summed E-state index contributed by atoms with van der Waals surface area (Å²) in [5, 5.41) is 5.11. The number of carbonyl (C=O) groups is 1. The number of nitrogens with one attached hydrogen (secondary N) is 2. The van der Waals surface area contributed by atoms with Crippen LogP contribution in [0.5, 0.6) is 0 Å². The molecular formula is C11H15F2N3O2. The van der Waals surface area contributed by atoms with Crippen LogP contribution in [0.4, 0.5) is 20.4 Å². The Bertz CT molecular complexity index is 427. The zero-order chi connectivity index (χ0) is 13.5. The molecule has 0 saturated heterocycles. The molecule has 0 spiro atoms. The first kappa shape index (κ1) is 14.1. The Morgan fingerprint density at radius 2 is 2.06 bits per heavy atom. The van der Waals surface area contributed by atoms with Crippen LogP contribution < -0.4 is 10.6 Å². The number of pyridine rings is 1. The maximum Gasteiger partial charge on any atom is 0.307 e. The van der Waals surface area contributed by atoms with Crippen LogP contribution in [0.3, 0.4) is 0 Å². The normalized spacial score (nSPS) is 10.0. The van der Waals surface area contributed by atoms with Crippen LogP contribution in [0, 0.1) is 11.6 Å². The number of anilines is 2. The number of aromatic nitrogens is 1. The van der Waals surface area contributed by atoms with Crippen molar-refractivity contribution in [2.24, 2.45) is 0 Å². The lowest BCUT2D eigenvalue weighted by atomic mass is 10.3. The Balaban J connectivity index is 2.59. The summed E-state index contributed by atoms with van der Waals surface area (Å²) in [6.07, 6.45) is 0.0845. The molecule has 5 nitrogen and oxygen atoms in total. The van der Waals surface area contributed by atoms with Gasteiger partial charge in [-0.15, -0.1) is 0 Å². The summed E-state index contributed by atoms with van der Waals surface area (Å²) in [5.41, 5.74) is 0. The minimum absolute atomic E-state index is 0.0602. The lowest BCUT2D eigenvalue weighted by molar-refractivity contribution is -0.142. The van der Waals surface area contributed by atoms with E-state index in [1.165, 1.54) is 7.05 Å². The van der Waals surface area contributed by atoms with Crippen molar-refractivity contribution in [2.75, 3.05) is 30.8 Å². The smallest absolute Gasteiger partial charge is 0.307 e. The minimum Gasteiger partial charge on any atom is -0.466 e. The number of carbonyl (C=O) groups excluding carboxylic acids is 1. The van der Waals surface area contributed by atoms with Gasteiger partial charge in [-0.2, -0.15) is 0 Å². The van der Waals surface area contributed by atoms with Gasteiger partial charge in [0, 0.05) is 19.7 Å². The van der Waals surface area contributed by atoms with E-state index in [0.29, 0.717) is 6.61 Å². The second-order valence-electron chi connectivity index (χ2n) is 3.38. The number of halogens is 2. The molecule has 2 N–H and O–H groups in total. The Morgan fingerprint density at radius 1 is 1.39 bits per heavy atom. The van der Waals surface area contributed by atoms with Crippen molar-refractivity contribution in [1.82, 2.24) is 4.98 Å². The van der Waals surface area contributed by atoms with E-state index < -0.39 is 11.6 Å². The Hall–Kier alpha value is -1.92. The van der Waals surface area contributed by atoms with Gasteiger partial charge in [0.2, 0.25) is 0 Å². The molecule has 1 aromatic heterocycles. The predicted molar refractivity (Wildman–Crippen MR) is 63.4 cm³/mol. The van der Waals surface area contributed by atoms with Crippen LogP contribution in [0.2, 0.25) is 0 Å². The van der Waals surface area contributed by atoms with Gasteiger partial charge in [0.1, 0.15) is 0 Å². The maximum atomic E-state index is 13.3. The molecule has 7 heteroatoms. The van der Waals surface area contributed by atoms with Crippen LogP contribution in [0.15, 0.2) is 6.07 Å². The molecule has 0 saturated carbocycles. The molecule has 0 unspecified atom stereocenters. The minimum atomic E-state index is -0.810. The number of rotatable bonds is 6. The monoisotopic (exact) mass is 259 g/mol. The quantitative estimate of drug-likeness (QED) is 0.762. The summed E-state index contributed by atoms with van der Waals surface area (Å²) < 4.78 is 31.2. The zero-order valence-corrected chi connectivity index (χ0v) is 10.2. The van der Waals surface area contributed by atoms with Crippen LogP contribution in [-0.4, -0.2) is 31.2 Å². The van der Waals surface area contributed by atoms with Gasteiger partial charge in [-0.05, 0) is 6.92 Å². The standard InChI is InChI=1S/C11H15F2N3O2/c1-3-18-9(17)4-5-15-11-8(13)6-7(12)10(14-2)16-11/h6H,3-5H2,1-2H3,(H2,14,15,16). The predicted octanol–water partition coefficient (Wildman–Crippen LogP) is 1.77. The molecule has 0 aliphatic carbocycles. The van der Waals surface area contributed by atoms with Crippen molar-refractivity contribution in [2.45, 2.75) is 13.3 Å². The van der Waals surface area contributed by atoms with E-state index in [1.807, 2.05) is 0 Å². The van der Waals surface area contributed by atoms with Crippen molar-refractivity contribution in [3.05, 3.63) is 17.7 Å². The van der Waals surface area contributed by atoms with Crippen LogP contribution >= 0.6 is 0 Å². The average molecular weight is 259 g/mol. The highest BCUT2D eigenvalue weighted by atomic mass is 19.1. The molecule has 0 bridgehead atoms. The maximum absolute atomic E-state index is 13.3. The van der Waals surface area contributed by atoms with E-state index in [4.69, 9.17) is 4.74 Å². The van der Waals surface area contributed by atoms with E-state index in [1.54, 1.807) is 6.92 Å². The Kier molecular flexibility index (Phi) is 5.29. The van der Waals surface area contributed by atoms with Gasteiger partial charge in [0.25, 0.3) is 0 Å². The molecule has 0 atom stereocenters. The van der Waals surface area contributed by atoms with Crippen LogP contribution in [0.25, 0.3) is 0 Å². The van der Waals surface area contributed by atoms with E-state index in [9.17, 15) is 13.6 Å². The SMILES string of the molecule is CCOC(=O)CCNc1nc(NC)c(F)cc1F. The van der Waals surface area contributed by atoms with E-state index in [-0.39, 0.29) is 30.6 Å². The Labute approximate surface area is 104 Å². The summed E-state index contributed by atoms with van der Waals surface area (Å²) in [6.45, 7) is 2.16. The lowest BCUT2D eigenvalue weighted by Gasteiger charge is -2.09. The fraction of sp³-hybridized carbons (Fsp3) is 0.455. The largest absolute Gasteiger partial charge is 0.466 e. The highest BCUT2D eigenvalue weighted by Crippen LogP contribution is 2.18. The van der Waals surface area contributed by atoms with Crippen molar-refractivity contribution >= 4 is 17.6 Å². The topological polar surface area (TPSA) is 63.2 Å². The van der Waals surface area contributed by atoms with Gasteiger partial charge >= 0.3 is 5.97 Å². The first-order valence-electron chi connectivity index (χ1n) is 5.51. The molecule has 0 fully saturated rings. The van der Waals surface area contributed by atoms with Crippen molar-refractivity contribution in [3.8, 4) is 0 Å². The van der Waals surface area contributed by atoms with Gasteiger partial charge in [-0.1, -0.05) is 0 Å². The zero-order valence-electron chi connectivity index (χ0n) is 10.2. The average Bonchev–Trinajstić information content (AvgIpc) is 2.32. The van der Waals surface area contributed by atoms with Gasteiger partial charge in [0.15, 0.2) is 23.3 Å². The van der Waals surface area contributed by atoms with Crippen molar-refractivity contribution < 1.29 is 18.3 Å². The molecule has 1 heterocycles. The summed E-state index contributed by atoms with van der Waals surface area (Å²) in [7, 11) is 1.48. The Morgan fingerprint density at radius 3 is 2.67 bits per heavy atom. The van der Waals surface area contributed by atoms with Crippen molar-refractivity contribution in [1.29, 1.82) is 0 Å². The number of esters is 1. The summed E-state index contributed by atoms with van der Waals surface area (Å²) in [5.74, 6) is -2.14.